The molecule has 0 aromatic carbocycles. The van der Waals surface area contributed by atoms with E-state index in [-0.39, 0.29) is 13.6 Å². The van der Waals surface area contributed by atoms with E-state index >= 15 is 0 Å². The van der Waals surface area contributed by atoms with Gasteiger partial charge in [0, 0.05) is 12.8 Å². The maximum Gasteiger partial charge on any atom is 0.284 e. The molecule has 0 amide bonds. The molecule has 0 atom stereocenters. The molecule has 0 aliphatic rings. The molecule has 57 heavy (non-hydrogen) atoms. The largest absolute Gasteiger partial charge is 0.329 e. The van der Waals surface area contributed by atoms with Crippen LogP contribution < -0.4 is 0 Å². The van der Waals surface area contributed by atoms with Crippen molar-refractivity contribution in [3.63, 3.8) is 0 Å². The fourth-order valence-electron chi connectivity index (χ4n) is 7.31. The van der Waals surface area contributed by atoms with Gasteiger partial charge in [-0.15, -0.1) is 0 Å². The van der Waals surface area contributed by atoms with Gasteiger partial charge in [-0.2, -0.15) is 0 Å². The third kappa shape index (κ3) is 37.2. The third-order valence-corrected chi connectivity index (χ3v) is 11.2. The first kappa shape index (κ1) is 56.7. The summed E-state index contributed by atoms with van der Waals surface area (Å²) in [5, 5.41) is 0. The summed E-state index contributed by atoms with van der Waals surface area (Å²) < 4.78 is 45.6. The lowest BCUT2D eigenvalue weighted by molar-refractivity contribution is -0.425. The van der Waals surface area contributed by atoms with Gasteiger partial charge in [0.05, 0.1) is 26.4 Å². The average Bonchev–Trinajstić information content (AvgIpc) is 3.22. The normalized spacial score (nSPS) is 12.3. The molecule has 7 heteroatoms. The Morgan fingerprint density at radius 1 is 0.228 bits per heavy atom. The molecule has 0 aliphatic carbocycles. The number of rotatable bonds is 50. The summed E-state index contributed by atoms with van der Waals surface area (Å²) in [4.78, 5) is 0. The predicted molar refractivity (Wildman–Crippen MR) is 243 cm³/mol. The number of ether oxygens (including phenoxy) is 7. The zero-order chi connectivity index (χ0) is 41.6. The van der Waals surface area contributed by atoms with E-state index in [1.54, 1.807) is 0 Å². The van der Waals surface area contributed by atoms with Crippen LogP contribution >= 0.6 is 0 Å². The second-order valence-electron chi connectivity index (χ2n) is 16.9. The van der Waals surface area contributed by atoms with Crippen molar-refractivity contribution in [3.05, 3.63) is 0 Å². The first-order chi connectivity index (χ1) is 28.1. The van der Waals surface area contributed by atoms with E-state index in [2.05, 4.69) is 41.5 Å². The monoisotopic (exact) mass is 815 g/mol. The molecule has 0 aliphatic heterocycles. The minimum atomic E-state index is -1.10. The van der Waals surface area contributed by atoms with Crippen LogP contribution in [0.4, 0.5) is 0 Å². The lowest BCUT2D eigenvalue weighted by Crippen LogP contribution is -2.42. The molecule has 0 aromatic rings. The van der Waals surface area contributed by atoms with E-state index in [0.29, 0.717) is 39.3 Å². The highest BCUT2D eigenvalue weighted by molar-refractivity contribution is 4.63. The average molecular weight is 815 g/mol. The zero-order valence-electron chi connectivity index (χ0n) is 39.6. The van der Waals surface area contributed by atoms with Gasteiger partial charge in [-0.05, 0) is 38.5 Å². The van der Waals surface area contributed by atoms with Crippen LogP contribution in [0.15, 0.2) is 0 Å². The Hall–Kier alpha value is -0.280. The van der Waals surface area contributed by atoms with Crippen molar-refractivity contribution >= 4 is 0 Å². The number of hydrogen-bond donors (Lipinski definition) is 0. The van der Waals surface area contributed by atoms with Gasteiger partial charge in [0.15, 0.2) is 13.6 Å². The molecule has 0 unspecified atom stereocenters. The predicted octanol–water partition coefficient (Wildman–Crippen LogP) is 16.5. The molecule has 0 heterocycles. The van der Waals surface area contributed by atoms with Crippen molar-refractivity contribution in [2.75, 3.05) is 40.0 Å². The van der Waals surface area contributed by atoms with Crippen LogP contribution in [0.5, 0.6) is 0 Å². The fraction of sp³-hybridized carbons (Fsp3) is 1.00. The highest BCUT2D eigenvalue weighted by atomic mass is 16.9. The van der Waals surface area contributed by atoms with E-state index < -0.39 is 11.9 Å². The van der Waals surface area contributed by atoms with Crippen molar-refractivity contribution in [2.24, 2.45) is 0 Å². The molecule has 0 N–H and O–H groups in total. The second-order valence-corrected chi connectivity index (χ2v) is 16.9. The first-order valence-electron chi connectivity index (χ1n) is 25.5. The number of hydrogen-bond acceptors (Lipinski definition) is 7. The van der Waals surface area contributed by atoms with Gasteiger partial charge < -0.3 is 33.2 Å². The molecular formula is C50H102O7. The summed E-state index contributed by atoms with van der Waals surface area (Å²) in [5.74, 6) is -2.20. The van der Waals surface area contributed by atoms with Crippen molar-refractivity contribution in [3.8, 4) is 0 Å². The molecule has 0 spiro atoms. The van der Waals surface area contributed by atoms with Crippen LogP contribution in [0.2, 0.25) is 0 Å². The van der Waals surface area contributed by atoms with Crippen LogP contribution in [-0.2, 0) is 33.2 Å². The third-order valence-electron chi connectivity index (χ3n) is 11.2. The summed E-state index contributed by atoms with van der Waals surface area (Å²) in [7, 11) is 0. The van der Waals surface area contributed by atoms with E-state index in [0.717, 1.165) is 51.4 Å². The quantitative estimate of drug-likeness (QED) is 0.0448. The Morgan fingerprint density at radius 2 is 0.439 bits per heavy atom. The van der Waals surface area contributed by atoms with Crippen LogP contribution in [0.3, 0.4) is 0 Å². The molecule has 0 aromatic heterocycles. The molecule has 7 nitrogen and oxygen atoms in total. The van der Waals surface area contributed by atoms with Gasteiger partial charge in [0.25, 0.3) is 11.9 Å². The van der Waals surface area contributed by atoms with Gasteiger partial charge in [-0.3, -0.25) is 0 Å². The molecule has 0 fully saturated rings. The fourth-order valence-corrected chi connectivity index (χ4v) is 7.31. The molecule has 0 rings (SSSR count). The van der Waals surface area contributed by atoms with E-state index in [1.807, 2.05) is 0 Å². The Morgan fingerprint density at radius 3 is 0.684 bits per heavy atom. The van der Waals surface area contributed by atoms with Crippen LogP contribution in [-0.4, -0.2) is 52.0 Å². The van der Waals surface area contributed by atoms with E-state index in [1.165, 1.54) is 167 Å². The van der Waals surface area contributed by atoms with Gasteiger partial charge in [0.1, 0.15) is 0 Å². The van der Waals surface area contributed by atoms with Crippen molar-refractivity contribution in [1.29, 1.82) is 0 Å². The Labute approximate surface area is 356 Å². The molecular weight excluding hydrogens is 713 g/mol. The maximum absolute atomic E-state index is 6.61. The van der Waals surface area contributed by atoms with Gasteiger partial charge >= 0.3 is 0 Å². The molecule has 0 radical (unpaired) electrons. The Bertz CT molecular complexity index is 654. The highest BCUT2D eigenvalue weighted by Gasteiger charge is 2.35. The molecule has 0 saturated heterocycles. The molecule has 0 bridgehead atoms. The van der Waals surface area contributed by atoms with Crippen molar-refractivity contribution in [2.45, 2.75) is 285 Å². The van der Waals surface area contributed by atoms with Gasteiger partial charge in [-0.1, -0.05) is 221 Å². The minimum Gasteiger partial charge on any atom is -0.329 e. The minimum absolute atomic E-state index is 0.0311. The van der Waals surface area contributed by atoms with Crippen LogP contribution in [0.1, 0.15) is 273 Å². The Kier molecular flexibility index (Phi) is 45.0. The SMILES string of the molecule is CCCCCCCCOC(CCCCCCC)(OCCCCCCCC)OCOCOC(CCCCCCC)(OCCCCCCCC)OCCCCCCCC. The first-order valence-corrected chi connectivity index (χ1v) is 25.5. The summed E-state index contributed by atoms with van der Waals surface area (Å²) in [6, 6.07) is 0. The van der Waals surface area contributed by atoms with E-state index in [9.17, 15) is 0 Å². The Balaban J connectivity index is 5.73. The van der Waals surface area contributed by atoms with Gasteiger partial charge in [0.2, 0.25) is 0 Å². The van der Waals surface area contributed by atoms with Crippen LogP contribution in [0, 0.1) is 0 Å². The van der Waals surface area contributed by atoms with Crippen LogP contribution in [0.25, 0.3) is 0 Å². The maximum atomic E-state index is 6.61. The lowest BCUT2D eigenvalue weighted by Gasteiger charge is -2.35. The zero-order valence-corrected chi connectivity index (χ0v) is 39.6. The molecule has 0 saturated carbocycles. The summed E-state index contributed by atoms with van der Waals surface area (Å²) in [5.41, 5.74) is 0. The lowest BCUT2D eigenvalue weighted by atomic mass is 10.1. The summed E-state index contributed by atoms with van der Waals surface area (Å²) in [6.45, 7) is 16.2. The number of unbranched alkanes of at least 4 members (excludes halogenated alkanes) is 28. The topological polar surface area (TPSA) is 64.6 Å². The van der Waals surface area contributed by atoms with Crippen molar-refractivity contribution in [1.82, 2.24) is 0 Å². The molecule has 344 valence electrons. The van der Waals surface area contributed by atoms with Gasteiger partial charge in [-0.25, -0.2) is 0 Å². The van der Waals surface area contributed by atoms with E-state index in [4.69, 9.17) is 33.2 Å². The summed E-state index contributed by atoms with van der Waals surface area (Å²) in [6.07, 6.45) is 42.4. The van der Waals surface area contributed by atoms with Crippen molar-refractivity contribution < 1.29 is 33.2 Å². The summed E-state index contributed by atoms with van der Waals surface area (Å²) >= 11 is 0. The highest BCUT2D eigenvalue weighted by Crippen LogP contribution is 2.28. The smallest absolute Gasteiger partial charge is 0.284 e. The standard InChI is InChI=1S/C50H102O7/c1-7-13-19-25-31-37-43-52-49(41-35-29-23-17-11-5,53-44-38-32-26-20-14-8-2)56-47-51-48-57-50(42-36-30-24-18-12-6,54-45-39-33-27-21-15-9-3)55-46-40-34-28-22-16-10-4/h7-48H2,1-6H3. The second kappa shape index (κ2) is 45.3.